The molecule has 0 fully saturated rings. The largest absolute Gasteiger partial charge is 0.488 e. The van der Waals surface area contributed by atoms with E-state index in [2.05, 4.69) is 0 Å². The van der Waals surface area contributed by atoms with Crippen molar-refractivity contribution in [3.05, 3.63) is 27.2 Å². The number of benzene rings is 1. The van der Waals surface area contributed by atoms with Crippen LogP contribution < -0.4 is 4.74 Å². The topological polar surface area (TPSA) is 18.5 Å². The number of alkyl halides is 1. The lowest BCUT2D eigenvalue weighted by atomic mass is 10.3. The maximum absolute atomic E-state index is 5.92. The van der Waals surface area contributed by atoms with Crippen LogP contribution in [0.15, 0.2) is 12.1 Å². The van der Waals surface area contributed by atoms with Gasteiger partial charge in [0.25, 0.3) is 0 Å². The number of hydrogen-bond acceptors (Lipinski definition) is 2. The van der Waals surface area contributed by atoms with E-state index in [-0.39, 0.29) is 0 Å². The Labute approximate surface area is 114 Å². The van der Waals surface area contributed by atoms with Crippen molar-refractivity contribution in [2.45, 2.75) is 0 Å². The van der Waals surface area contributed by atoms with Crippen LogP contribution in [-0.2, 0) is 4.74 Å². The lowest BCUT2D eigenvalue weighted by Crippen LogP contribution is -2.08. The lowest BCUT2D eigenvalue weighted by Gasteiger charge is -2.10. The second kappa shape index (κ2) is 7.46. The summed E-state index contributed by atoms with van der Waals surface area (Å²) in [5, 5.41) is 1.24. The van der Waals surface area contributed by atoms with Crippen molar-refractivity contribution in [3.63, 3.8) is 0 Å². The average Bonchev–Trinajstić information content (AvgIpc) is 2.20. The van der Waals surface area contributed by atoms with Crippen LogP contribution in [0.3, 0.4) is 0 Å². The Morgan fingerprint density at radius 2 is 1.56 bits per heavy atom. The van der Waals surface area contributed by atoms with E-state index in [1.165, 1.54) is 0 Å². The van der Waals surface area contributed by atoms with Crippen LogP contribution in [-0.4, -0.2) is 25.7 Å². The molecule has 0 aliphatic rings. The van der Waals surface area contributed by atoms with Crippen LogP contribution in [0.2, 0.25) is 15.1 Å². The van der Waals surface area contributed by atoms with Gasteiger partial charge in [-0.1, -0.05) is 34.8 Å². The van der Waals surface area contributed by atoms with Gasteiger partial charge in [0.15, 0.2) is 5.75 Å². The molecule has 1 aromatic rings. The van der Waals surface area contributed by atoms with E-state index < -0.39 is 0 Å². The molecule has 1 rings (SSSR count). The van der Waals surface area contributed by atoms with Gasteiger partial charge in [0.05, 0.1) is 23.3 Å². The van der Waals surface area contributed by atoms with E-state index >= 15 is 0 Å². The Bertz CT molecular complexity index is 321. The number of halogens is 4. The minimum atomic E-state index is 0.359. The van der Waals surface area contributed by atoms with Gasteiger partial charge in [-0.15, -0.1) is 11.6 Å². The molecule has 0 radical (unpaired) electrons. The maximum atomic E-state index is 5.92. The molecule has 0 aromatic heterocycles. The van der Waals surface area contributed by atoms with Crippen LogP contribution >= 0.6 is 46.4 Å². The fraction of sp³-hybridized carbons (Fsp3) is 0.400. The summed E-state index contributed by atoms with van der Waals surface area (Å²) < 4.78 is 10.5. The van der Waals surface area contributed by atoms with Gasteiger partial charge >= 0.3 is 0 Å². The van der Waals surface area contributed by atoms with Crippen LogP contribution in [0.25, 0.3) is 0 Å². The third kappa shape index (κ3) is 4.56. The zero-order valence-electron chi connectivity index (χ0n) is 8.31. The Balaban J connectivity index is 2.47. The average molecular weight is 304 g/mol. The predicted octanol–water partition coefficient (Wildman–Crippen LogP) is 4.28. The highest BCUT2D eigenvalue weighted by Crippen LogP contribution is 2.35. The molecule has 0 amide bonds. The molecule has 2 nitrogen and oxygen atoms in total. The van der Waals surface area contributed by atoms with E-state index in [0.717, 1.165) is 0 Å². The molecule has 0 atom stereocenters. The molecule has 90 valence electrons. The summed E-state index contributed by atoms with van der Waals surface area (Å²) in [7, 11) is 0. The SMILES string of the molecule is ClCCOCCOc1c(Cl)cc(Cl)cc1Cl. The molecule has 0 saturated carbocycles. The maximum Gasteiger partial charge on any atom is 0.156 e. The summed E-state index contributed by atoms with van der Waals surface area (Å²) in [6, 6.07) is 3.15. The fourth-order valence-electron chi connectivity index (χ4n) is 1.03. The van der Waals surface area contributed by atoms with E-state index in [4.69, 9.17) is 55.9 Å². The summed E-state index contributed by atoms with van der Waals surface area (Å²) in [6.45, 7) is 1.28. The molecule has 0 saturated heterocycles. The summed E-state index contributed by atoms with van der Waals surface area (Å²) in [6.07, 6.45) is 0. The highest BCUT2D eigenvalue weighted by molar-refractivity contribution is 6.40. The van der Waals surface area contributed by atoms with E-state index in [1.54, 1.807) is 12.1 Å². The molecule has 0 N–H and O–H groups in total. The third-order valence-electron chi connectivity index (χ3n) is 1.66. The summed E-state index contributed by atoms with van der Waals surface area (Å²) in [4.78, 5) is 0. The van der Waals surface area contributed by atoms with Gasteiger partial charge in [0.1, 0.15) is 6.61 Å². The van der Waals surface area contributed by atoms with Crippen LogP contribution in [0.4, 0.5) is 0 Å². The molecule has 0 aliphatic carbocycles. The zero-order valence-corrected chi connectivity index (χ0v) is 11.3. The quantitative estimate of drug-likeness (QED) is 0.577. The second-order valence-corrected chi connectivity index (χ2v) is 4.48. The first-order valence-corrected chi connectivity index (χ1v) is 6.23. The van der Waals surface area contributed by atoms with Gasteiger partial charge in [-0.2, -0.15) is 0 Å². The van der Waals surface area contributed by atoms with Gasteiger partial charge in [0, 0.05) is 10.9 Å². The minimum Gasteiger partial charge on any atom is -0.488 e. The molecule has 0 spiro atoms. The Kier molecular flexibility index (Phi) is 6.62. The molecular weight excluding hydrogens is 294 g/mol. The standard InChI is InChI=1S/C10H10Cl4O2/c11-1-2-15-3-4-16-10-8(13)5-7(12)6-9(10)14/h5-6H,1-4H2. The summed E-state index contributed by atoms with van der Waals surface area (Å²) >= 11 is 23.0. The number of ether oxygens (including phenoxy) is 2. The molecule has 6 heteroatoms. The molecule has 16 heavy (non-hydrogen) atoms. The first kappa shape index (κ1) is 14.2. The predicted molar refractivity (Wildman–Crippen MR) is 68.5 cm³/mol. The van der Waals surface area contributed by atoms with Gasteiger partial charge in [-0.25, -0.2) is 0 Å². The van der Waals surface area contributed by atoms with Crippen molar-refractivity contribution in [1.29, 1.82) is 0 Å². The zero-order chi connectivity index (χ0) is 12.0. The van der Waals surface area contributed by atoms with Crippen molar-refractivity contribution in [3.8, 4) is 5.75 Å². The number of rotatable bonds is 6. The monoisotopic (exact) mass is 302 g/mol. The first-order valence-electron chi connectivity index (χ1n) is 4.56. The molecule has 0 heterocycles. The Morgan fingerprint density at radius 1 is 0.938 bits per heavy atom. The van der Waals surface area contributed by atoms with Crippen LogP contribution in [0, 0.1) is 0 Å². The van der Waals surface area contributed by atoms with E-state index in [1.807, 2.05) is 0 Å². The van der Waals surface area contributed by atoms with Gasteiger partial charge in [-0.3, -0.25) is 0 Å². The molecule has 0 aliphatic heterocycles. The van der Waals surface area contributed by atoms with Gasteiger partial charge < -0.3 is 9.47 Å². The summed E-state index contributed by atoms with van der Waals surface area (Å²) in [5.41, 5.74) is 0. The minimum absolute atomic E-state index is 0.359. The fourth-order valence-corrected chi connectivity index (χ4v) is 2.06. The van der Waals surface area contributed by atoms with Crippen LogP contribution in [0.5, 0.6) is 5.75 Å². The molecule has 0 bridgehead atoms. The van der Waals surface area contributed by atoms with Crippen molar-refractivity contribution in [2.75, 3.05) is 25.7 Å². The highest BCUT2D eigenvalue weighted by atomic mass is 35.5. The Hall–Kier alpha value is 0.140. The normalized spacial score (nSPS) is 10.5. The van der Waals surface area contributed by atoms with Crippen molar-refractivity contribution in [1.82, 2.24) is 0 Å². The van der Waals surface area contributed by atoms with Gasteiger partial charge in [0.2, 0.25) is 0 Å². The molecule has 1 aromatic carbocycles. The smallest absolute Gasteiger partial charge is 0.156 e. The Morgan fingerprint density at radius 3 is 2.12 bits per heavy atom. The highest BCUT2D eigenvalue weighted by Gasteiger charge is 2.08. The third-order valence-corrected chi connectivity index (χ3v) is 2.59. The lowest BCUT2D eigenvalue weighted by molar-refractivity contribution is 0.111. The van der Waals surface area contributed by atoms with Gasteiger partial charge in [-0.05, 0) is 12.1 Å². The van der Waals surface area contributed by atoms with E-state index in [0.29, 0.717) is 46.5 Å². The van der Waals surface area contributed by atoms with Crippen molar-refractivity contribution in [2.24, 2.45) is 0 Å². The molecule has 0 unspecified atom stereocenters. The van der Waals surface area contributed by atoms with Crippen molar-refractivity contribution < 1.29 is 9.47 Å². The number of hydrogen-bond donors (Lipinski definition) is 0. The summed E-state index contributed by atoms with van der Waals surface area (Å²) in [5.74, 6) is 0.879. The van der Waals surface area contributed by atoms with E-state index in [9.17, 15) is 0 Å². The van der Waals surface area contributed by atoms with Crippen LogP contribution in [0.1, 0.15) is 0 Å². The first-order chi connectivity index (χ1) is 7.65. The second-order valence-electron chi connectivity index (χ2n) is 2.85. The van der Waals surface area contributed by atoms with Crippen molar-refractivity contribution >= 4 is 46.4 Å². The molecular formula is C10H10Cl4O2.